The van der Waals surface area contributed by atoms with Crippen molar-refractivity contribution in [3.8, 4) is 0 Å². The van der Waals surface area contributed by atoms with Crippen molar-refractivity contribution in [2.24, 2.45) is 0 Å². The lowest BCUT2D eigenvalue weighted by molar-refractivity contribution is -0.264. The summed E-state index contributed by atoms with van der Waals surface area (Å²) < 4.78 is 128. The van der Waals surface area contributed by atoms with E-state index in [1.807, 2.05) is 0 Å². The molecule has 0 atom stereocenters. The van der Waals surface area contributed by atoms with E-state index in [-0.39, 0.29) is 0 Å². The molecule has 0 aromatic rings. The third kappa shape index (κ3) is 2.49. The second kappa shape index (κ2) is 3.85. The molecule has 0 nitrogen and oxygen atoms in total. The van der Waals surface area contributed by atoms with Crippen LogP contribution in [0.1, 0.15) is 0 Å². The summed E-state index contributed by atoms with van der Waals surface area (Å²) in [6.45, 7) is 0. The van der Waals surface area contributed by atoms with Gasteiger partial charge >= 0.3 is 23.7 Å². The summed E-state index contributed by atoms with van der Waals surface area (Å²) in [6.07, 6.45) is -13.6. The zero-order valence-electron chi connectivity index (χ0n) is 6.60. The van der Waals surface area contributed by atoms with E-state index in [1.54, 1.807) is 0 Å². The maximum absolute atomic E-state index is 12.1. The molecule has 0 radical (unpaired) electrons. The molecule has 12 heteroatoms. The van der Waals surface area contributed by atoms with Gasteiger partial charge in [0.1, 0.15) is 0 Å². The van der Waals surface area contributed by atoms with Gasteiger partial charge in [-0.15, -0.1) is 0 Å². The Bertz CT molecular complexity index is 222. The number of hydrogen-bond acceptors (Lipinski definition) is 0. The lowest BCUT2D eigenvalue weighted by Gasteiger charge is -2.28. The summed E-state index contributed by atoms with van der Waals surface area (Å²) in [5.41, 5.74) is -13.5. The molecular weight excluding hydrogens is 288 g/mol. The topological polar surface area (TPSA) is 0 Å². The van der Waals surface area contributed by atoms with Gasteiger partial charge in [0.15, 0.2) is 0 Å². The van der Waals surface area contributed by atoms with Crippen LogP contribution in [0.3, 0.4) is 0 Å². The van der Waals surface area contributed by atoms with Crippen molar-refractivity contribution < 1.29 is 48.1 Å². The van der Waals surface area contributed by atoms with Crippen molar-refractivity contribution in [3.05, 3.63) is 0 Å². The Labute approximate surface area is 81.3 Å². The van der Waals surface area contributed by atoms with Crippen molar-refractivity contribution in [2.45, 2.75) is 23.7 Å². The predicted molar refractivity (Wildman–Crippen MR) is 30.0 cm³/mol. The lowest BCUT2D eigenvalue weighted by Crippen LogP contribution is -2.43. The summed E-state index contributed by atoms with van der Waals surface area (Å²) in [7, 11) is -6.46. The van der Waals surface area contributed by atoms with Crippen LogP contribution < -0.4 is 0 Å². The van der Waals surface area contributed by atoms with Crippen molar-refractivity contribution in [2.75, 3.05) is 0 Å². The lowest BCUT2D eigenvalue weighted by atomic mass is 10.7. The molecule has 0 aliphatic heterocycles. The molecule has 0 saturated heterocycles. The zero-order chi connectivity index (χ0) is 13.6. The van der Waals surface area contributed by atoms with Crippen LogP contribution in [0.2, 0.25) is 0 Å². The molecule has 0 spiro atoms. The zero-order valence-corrected chi connectivity index (χ0v) is 7.50. The molecule has 0 saturated carbocycles. The van der Waals surface area contributed by atoms with Gasteiger partial charge in [-0.1, -0.05) is 0 Å². The number of halogens is 11. The Morgan fingerprint density at radius 1 is 0.500 bits per heavy atom. The molecule has 0 aromatic carbocycles. The summed E-state index contributed by atoms with van der Waals surface area (Å²) in [5, 5.41) is 0. The van der Waals surface area contributed by atoms with Crippen LogP contribution in [0.15, 0.2) is 0 Å². The van der Waals surface area contributed by atoms with Crippen LogP contribution in [0.4, 0.5) is 48.1 Å². The molecule has 98 valence electrons. The minimum Gasteiger partial charge on any atom is -0.213 e. The molecule has 0 aliphatic rings. The highest BCUT2D eigenvalue weighted by Crippen LogP contribution is 2.72. The maximum Gasteiger partial charge on any atom is 0.460 e. The second-order valence-corrected chi connectivity index (χ2v) is 4.04. The summed E-state index contributed by atoms with van der Waals surface area (Å²) in [4.78, 5) is 0. The Morgan fingerprint density at radius 3 is 0.812 bits per heavy atom. The van der Waals surface area contributed by atoms with Crippen molar-refractivity contribution in [1.29, 1.82) is 0 Å². The minimum atomic E-state index is -6.82. The van der Waals surface area contributed by atoms with E-state index in [0.29, 0.717) is 0 Å². The Balaban J connectivity index is 5.30. The van der Waals surface area contributed by atoms with E-state index < -0.39 is 31.9 Å². The van der Waals surface area contributed by atoms with E-state index in [0.717, 1.165) is 0 Å². The fourth-order valence-corrected chi connectivity index (χ4v) is 1.20. The standard InChI is InChI=1S/C4F11P/c5-1(6,7)3(11,12)16(15)4(13,14)2(8,9)10. The van der Waals surface area contributed by atoms with E-state index in [4.69, 9.17) is 0 Å². The van der Waals surface area contributed by atoms with Crippen LogP contribution in [0.5, 0.6) is 0 Å². The second-order valence-electron chi connectivity index (χ2n) is 2.36. The molecule has 0 N–H and O–H groups in total. The van der Waals surface area contributed by atoms with Crippen LogP contribution in [0, 0.1) is 0 Å². The van der Waals surface area contributed by atoms with Crippen LogP contribution >= 0.6 is 8.23 Å². The monoisotopic (exact) mass is 288 g/mol. The fraction of sp³-hybridized carbons (Fsp3) is 1.00. The number of rotatable bonds is 2. The van der Waals surface area contributed by atoms with Crippen molar-refractivity contribution in [1.82, 2.24) is 0 Å². The minimum absolute atomic E-state index is 6.46. The molecule has 16 heavy (non-hydrogen) atoms. The highest BCUT2D eigenvalue weighted by atomic mass is 31.2. The van der Waals surface area contributed by atoms with Gasteiger partial charge in [-0.05, 0) is 0 Å². The smallest absolute Gasteiger partial charge is 0.213 e. The van der Waals surface area contributed by atoms with Crippen LogP contribution in [-0.4, -0.2) is 23.7 Å². The maximum atomic E-state index is 12.1. The largest absolute Gasteiger partial charge is 0.460 e. The Kier molecular flexibility index (Phi) is 3.77. The van der Waals surface area contributed by atoms with Crippen molar-refractivity contribution >= 4 is 8.23 Å². The van der Waals surface area contributed by atoms with Crippen LogP contribution in [-0.2, 0) is 0 Å². The summed E-state index contributed by atoms with van der Waals surface area (Å²) in [6, 6.07) is 0. The molecule has 0 unspecified atom stereocenters. The van der Waals surface area contributed by atoms with Gasteiger partial charge in [-0.3, -0.25) is 0 Å². The number of hydrogen-bond donors (Lipinski definition) is 0. The predicted octanol–water partition coefficient (Wildman–Crippen LogP) is 4.66. The first-order chi connectivity index (χ1) is 6.65. The van der Waals surface area contributed by atoms with Gasteiger partial charge in [-0.25, -0.2) is 4.20 Å². The van der Waals surface area contributed by atoms with Crippen LogP contribution in [0.25, 0.3) is 0 Å². The van der Waals surface area contributed by atoms with Crippen molar-refractivity contribution in [3.63, 3.8) is 0 Å². The quantitative estimate of drug-likeness (QED) is 0.512. The highest BCUT2D eigenvalue weighted by Gasteiger charge is 2.77. The van der Waals surface area contributed by atoms with Gasteiger partial charge in [0, 0.05) is 0 Å². The average Bonchev–Trinajstić information content (AvgIpc) is 1.98. The first-order valence-corrected chi connectivity index (χ1v) is 4.24. The third-order valence-electron chi connectivity index (χ3n) is 1.18. The van der Waals surface area contributed by atoms with Gasteiger partial charge < -0.3 is 0 Å². The Morgan fingerprint density at radius 2 is 0.688 bits per heavy atom. The van der Waals surface area contributed by atoms with E-state index in [1.165, 1.54) is 0 Å². The SMILES string of the molecule is FP(C(F)(F)C(F)(F)F)C(F)(F)C(F)(F)F. The molecular formula is C4F11P. The highest BCUT2D eigenvalue weighted by molar-refractivity contribution is 7.54. The molecule has 0 fully saturated rings. The molecule has 0 amide bonds. The van der Waals surface area contributed by atoms with E-state index in [9.17, 15) is 48.1 Å². The third-order valence-corrected chi connectivity index (χ3v) is 2.67. The molecule has 0 heterocycles. The molecule has 0 aliphatic carbocycles. The van der Waals surface area contributed by atoms with Gasteiger partial charge in [0.05, 0.1) is 0 Å². The van der Waals surface area contributed by atoms with Gasteiger partial charge in [0.2, 0.25) is 8.23 Å². The fourth-order valence-electron chi connectivity index (χ4n) is 0.399. The molecule has 0 aromatic heterocycles. The number of alkyl halides is 10. The average molecular weight is 288 g/mol. The van der Waals surface area contributed by atoms with E-state index >= 15 is 0 Å². The molecule has 0 bridgehead atoms. The Hall–Kier alpha value is -0.340. The first-order valence-electron chi connectivity index (χ1n) is 3.01. The normalized spacial score (nSPS) is 15.8. The summed E-state index contributed by atoms with van der Waals surface area (Å²) >= 11 is 0. The molecule has 0 rings (SSSR count). The first kappa shape index (κ1) is 15.7. The van der Waals surface area contributed by atoms with Gasteiger partial charge in [0.25, 0.3) is 0 Å². The summed E-state index contributed by atoms with van der Waals surface area (Å²) in [5.74, 6) is 0. The van der Waals surface area contributed by atoms with Gasteiger partial charge in [-0.2, -0.15) is 43.9 Å². The van der Waals surface area contributed by atoms with E-state index in [2.05, 4.69) is 0 Å².